The zero-order chi connectivity index (χ0) is 35.1. The van der Waals surface area contributed by atoms with Crippen LogP contribution in [-0.2, 0) is 36.9 Å². The van der Waals surface area contributed by atoms with E-state index in [4.69, 9.17) is 0 Å². The Kier molecular flexibility index (Phi) is 14.8. The first-order valence-corrected chi connectivity index (χ1v) is 17.3. The zero-order valence-electron chi connectivity index (χ0n) is 27.8. The average molecular weight is 693 g/mol. The number of carbonyl (C=O) groups is 3. The Morgan fingerprint density at radius 1 is 0.729 bits per heavy atom. The maximum atomic E-state index is 11.5. The number of thiazole rings is 2. The van der Waals surface area contributed by atoms with Crippen LogP contribution in [0.1, 0.15) is 80.4 Å². The van der Waals surface area contributed by atoms with Crippen molar-refractivity contribution < 1.29 is 14.4 Å². The van der Waals surface area contributed by atoms with Gasteiger partial charge in [-0.05, 0) is 25.3 Å². The Morgan fingerprint density at radius 3 is 1.90 bits per heavy atom. The molecule has 5 aromatic heterocycles. The first-order chi connectivity index (χ1) is 23.3. The van der Waals surface area contributed by atoms with Gasteiger partial charge in [-0.3, -0.25) is 19.2 Å². The van der Waals surface area contributed by atoms with E-state index in [2.05, 4.69) is 50.8 Å². The number of amides is 3. The molecule has 4 N–H and O–H groups in total. The van der Waals surface area contributed by atoms with Crippen LogP contribution < -0.4 is 21.5 Å². The van der Waals surface area contributed by atoms with Gasteiger partial charge < -0.3 is 20.9 Å². The summed E-state index contributed by atoms with van der Waals surface area (Å²) in [5.74, 6) is 0.360. The van der Waals surface area contributed by atoms with E-state index in [9.17, 15) is 19.2 Å². The Morgan fingerprint density at radius 2 is 1.29 bits per heavy atom. The van der Waals surface area contributed by atoms with E-state index in [1.165, 1.54) is 41.4 Å². The van der Waals surface area contributed by atoms with Gasteiger partial charge in [-0.1, -0.05) is 27.7 Å². The van der Waals surface area contributed by atoms with Crippen molar-refractivity contribution in [3.63, 3.8) is 0 Å². The molecule has 254 valence electrons. The first kappa shape index (κ1) is 37.5. The lowest BCUT2D eigenvalue weighted by molar-refractivity contribution is -0.116. The minimum Gasteiger partial charge on any atom is -0.354 e. The summed E-state index contributed by atoms with van der Waals surface area (Å²) in [6, 6.07) is 3.18. The van der Waals surface area contributed by atoms with Gasteiger partial charge >= 0.3 is 0 Å². The van der Waals surface area contributed by atoms with Crippen molar-refractivity contribution in [2.24, 2.45) is 0 Å². The van der Waals surface area contributed by atoms with Crippen molar-refractivity contribution in [1.29, 1.82) is 0 Å². The maximum Gasteiger partial charge on any atom is 0.262 e. The quantitative estimate of drug-likeness (QED) is 0.185. The van der Waals surface area contributed by atoms with Gasteiger partial charge in [-0.2, -0.15) is 0 Å². The molecule has 0 atom stereocenters. The molecule has 0 aliphatic carbocycles. The normalized spacial score (nSPS) is 11.3. The number of aromatic nitrogens is 7. The molecular formula is C32H40N10O4S2. The SMILES string of the molecule is CC.CC.CNC(=O)c1cnc(CCc2ncnc3[nH]c(=O)ccc23)s1.CNC(=O)c1cnc(CCc2ncnc3c2CCC(=O)N3)s1. The van der Waals surface area contributed by atoms with Crippen LogP contribution in [0.4, 0.5) is 5.82 Å². The molecule has 1 aliphatic heterocycles. The smallest absolute Gasteiger partial charge is 0.262 e. The highest BCUT2D eigenvalue weighted by Gasteiger charge is 2.20. The third kappa shape index (κ3) is 10.0. The largest absolute Gasteiger partial charge is 0.354 e. The van der Waals surface area contributed by atoms with Gasteiger partial charge in [0.25, 0.3) is 11.8 Å². The number of pyridine rings is 1. The molecule has 0 radical (unpaired) electrons. The van der Waals surface area contributed by atoms with Crippen molar-refractivity contribution >= 4 is 57.2 Å². The van der Waals surface area contributed by atoms with Crippen molar-refractivity contribution in [1.82, 2.24) is 45.5 Å². The number of rotatable bonds is 8. The molecule has 0 unspecified atom stereocenters. The Bertz CT molecular complexity index is 1890. The van der Waals surface area contributed by atoms with Crippen LogP contribution in [0.15, 0.2) is 42.0 Å². The summed E-state index contributed by atoms with van der Waals surface area (Å²) in [5, 5.41) is 10.5. The average Bonchev–Trinajstić information content (AvgIpc) is 3.81. The topological polar surface area (TPSA) is 197 Å². The van der Waals surface area contributed by atoms with Crippen molar-refractivity contribution in [3.8, 4) is 0 Å². The Balaban J connectivity index is 0.000000236. The fraction of sp³-hybridized carbons (Fsp3) is 0.375. The molecule has 48 heavy (non-hydrogen) atoms. The monoisotopic (exact) mass is 692 g/mol. The standard InChI is InChI=1S/C14H15N5O2S.C14H13N5O2S.2C2H6/c2*1-15-14(21)10-6-16-12(22-10)5-3-9-8-2-4-11(20)19-13(8)18-7-17-9;2*1-2/h6-7H,2-5H2,1H3,(H,15,21)(H,17,18,19,20);2,4,6-7H,3,5H2,1H3,(H,15,21)(H,17,18,19,20);2*1-2H3. The molecule has 0 bridgehead atoms. The zero-order valence-corrected chi connectivity index (χ0v) is 29.5. The van der Waals surface area contributed by atoms with Gasteiger partial charge in [0.1, 0.15) is 33.9 Å². The molecule has 3 amide bonds. The maximum absolute atomic E-state index is 11.5. The predicted octanol–water partition coefficient (Wildman–Crippen LogP) is 3.93. The molecule has 6 rings (SSSR count). The lowest BCUT2D eigenvalue weighted by Crippen LogP contribution is -2.22. The Hall–Kier alpha value is -4.96. The highest BCUT2D eigenvalue weighted by atomic mass is 32.1. The number of aryl methyl sites for hydroxylation is 4. The van der Waals surface area contributed by atoms with Crippen LogP contribution in [-0.4, -0.2) is 66.7 Å². The minimum absolute atomic E-state index is 0.00714. The van der Waals surface area contributed by atoms with E-state index in [1.807, 2.05) is 27.7 Å². The van der Waals surface area contributed by atoms with E-state index < -0.39 is 0 Å². The second kappa shape index (κ2) is 19.0. The molecule has 5 aromatic rings. The van der Waals surface area contributed by atoms with Gasteiger partial charge in [-0.25, -0.2) is 29.9 Å². The summed E-state index contributed by atoms with van der Waals surface area (Å²) in [6.45, 7) is 8.00. The van der Waals surface area contributed by atoms with E-state index >= 15 is 0 Å². The van der Waals surface area contributed by atoms with Crippen LogP contribution in [0.25, 0.3) is 11.0 Å². The van der Waals surface area contributed by atoms with E-state index in [1.54, 1.807) is 32.6 Å². The number of H-pyrrole nitrogens is 1. The van der Waals surface area contributed by atoms with Gasteiger partial charge in [0.2, 0.25) is 11.5 Å². The fourth-order valence-electron chi connectivity index (χ4n) is 4.45. The molecule has 0 saturated carbocycles. The third-order valence-corrected chi connectivity index (χ3v) is 8.78. The van der Waals surface area contributed by atoms with Gasteiger partial charge in [0.15, 0.2) is 0 Å². The lowest BCUT2D eigenvalue weighted by Gasteiger charge is -2.17. The van der Waals surface area contributed by atoms with E-state index in [0.29, 0.717) is 59.7 Å². The summed E-state index contributed by atoms with van der Waals surface area (Å²) < 4.78 is 0. The van der Waals surface area contributed by atoms with Crippen LogP contribution in [0.2, 0.25) is 0 Å². The number of carbonyl (C=O) groups excluding carboxylic acids is 3. The van der Waals surface area contributed by atoms with Gasteiger partial charge in [0.05, 0.1) is 28.1 Å². The van der Waals surface area contributed by atoms with Crippen molar-refractivity contribution in [2.45, 2.75) is 66.2 Å². The molecule has 1 aliphatic rings. The number of aromatic amines is 1. The number of anilines is 1. The highest BCUT2D eigenvalue weighted by Crippen LogP contribution is 2.24. The molecule has 0 fully saturated rings. The molecule has 0 saturated heterocycles. The molecule has 16 heteroatoms. The molecular weight excluding hydrogens is 653 g/mol. The van der Waals surface area contributed by atoms with Crippen LogP contribution >= 0.6 is 22.7 Å². The lowest BCUT2D eigenvalue weighted by atomic mass is 10.0. The summed E-state index contributed by atoms with van der Waals surface area (Å²) in [4.78, 5) is 74.9. The number of fused-ring (bicyclic) bond motifs is 2. The summed E-state index contributed by atoms with van der Waals surface area (Å²) >= 11 is 2.75. The Labute approximate surface area is 286 Å². The van der Waals surface area contributed by atoms with E-state index in [0.717, 1.165) is 32.4 Å². The van der Waals surface area contributed by atoms with Gasteiger partial charge in [0, 0.05) is 56.1 Å². The highest BCUT2D eigenvalue weighted by molar-refractivity contribution is 7.13. The minimum atomic E-state index is -0.188. The van der Waals surface area contributed by atoms with Crippen LogP contribution in [0.5, 0.6) is 0 Å². The number of hydrogen-bond donors (Lipinski definition) is 4. The number of nitrogens with one attached hydrogen (secondary N) is 4. The first-order valence-electron chi connectivity index (χ1n) is 15.6. The molecule has 0 aromatic carbocycles. The third-order valence-electron chi connectivity index (χ3n) is 6.66. The summed E-state index contributed by atoms with van der Waals surface area (Å²) in [7, 11) is 3.19. The number of nitrogens with zero attached hydrogens (tertiary/aromatic N) is 6. The van der Waals surface area contributed by atoms with Crippen molar-refractivity contribution in [3.05, 3.63) is 84.3 Å². The second-order valence-corrected chi connectivity index (χ2v) is 11.7. The second-order valence-electron chi connectivity index (χ2n) is 9.50. The molecule has 0 spiro atoms. The summed E-state index contributed by atoms with van der Waals surface area (Å²) in [6.07, 6.45) is 9.95. The molecule has 14 nitrogen and oxygen atoms in total. The van der Waals surface area contributed by atoms with Crippen LogP contribution in [0, 0.1) is 0 Å². The molecule has 6 heterocycles. The fourth-order valence-corrected chi connectivity index (χ4v) is 6.18. The van der Waals surface area contributed by atoms with E-state index in [-0.39, 0.29) is 23.3 Å². The number of hydrogen-bond acceptors (Lipinski definition) is 12. The van der Waals surface area contributed by atoms with Crippen molar-refractivity contribution in [2.75, 3.05) is 19.4 Å². The predicted molar refractivity (Wildman–Crippen MR) is 188 cm³/mol. The summed E-state index contributed by atoms with van der Waals surface area (Å²) in [5.41, 5.74) is 3.12. The van der Waals surface area contributed by atoms with Gasteiger partial charge in [-0.15, -0.1) is 22.7 Å². The van der Waals surface area contributed by atoms with Crippen LogP contribution in [0.3, 0.4) is 0 Å².